The van der Waals surface area contributed by atoms with Gasteiger partial charge in [-0.05, 0) is 12.5 Å². The number of pyridine rings is 1. The van der Waals surface area contributed by atoms with Gasteiger partial charge in [-0.15, -0.1) is 0 Å². The van der Waals surface area contributed by atoms with Gasteiger partial charge in [0.25, 0.3) is 5.91 Å². The SMILES string of the molecule is CCC1(COC)NC(=O)N(c2cncc(C(F)(F)F)c2)C1=O. The fraction of sp³-hybridized carbons (Fsp3) is 0.462. The normalized spacial score (nSPS) is 22.1. The van der Waals surface area contributed by atoms with Crippen molar-refractivity contribution >= 4 is 17.6 Å². The van der Waals surface area contributed by atoms with E-state index in [-0.39, 0.29) is 18.7 Å². The van der Waals surface area contributed by atoms with Gasteiger partial charge in [-0.3, -0.25) is 9.78 Å². The summed E-state index contributed by atoms with van der Waals surface area (Å²) < 4.78 is 43.1. The Morgan fingerprint density at radius 1 is 1.36 bits per heavy atom. The molecule has 1 atom stereocenters. The Labute approximate surface area is 124 Å². The highest BCUT2D eigenvalue weighted by molar-refractivity contribution is 6.23. The molecule has 1 aromatic rings. The zero-order valence-electron chi connectivity index (χ0n) is 11.9. The number of carbonyl (C=O) groups excluding carboxylic acids is 2. The number of urea groups is 1. The van der Waals surface area contributed by atoms with Crippen LogP contribution in [0.5, 0.6) is 0 Å². The molecule has 1 aliphatic heterocycles. The third kappa shape index (κ3) is 2.63. The maximum Gasteiger partial charge on any atom is 0.417 e. The molecule has 1 N–H and O–H groups in total. The Balaban J connectivity index is 2.41. The van der Waals surface area contributed by atoms with Gasteiger partial charge < -0.3 is 10.1 Å². The van der Waals surface area contributed by atoms with Crippen molar-refractivity contribution < 1.29 is 27.5 Å². The van der Waals surface area contributed by atoms with Gasteiger partial charge >= 0.3 is 12.2 Å². The van der Waals surface area contributed by atoms with Gasteiger partial charge in [0.1, 0.15) is 5.54 Å². The topological polar surface area (TPSA) is 71.5 Å². The first-order valence-electron chi connectivity index (χ1n) is 6.43. The summed E-state index contributed by atoms with van der Waals surface area (Å²) in [5.74, 6) is -0.664. The molecule has 0 aromatic carbocycles. The van der Waals surface area contributed by atoms with Crippen LogP contribution in [0.25, 0.3) is 0 Å². The van der Waals surface area contributed by atoms with E-state index < -0.39 is 29.2 Å². The third-order valence-corrected chi connectivity index (χ3v) is 3.47. The summed E-state index contributed by atoms with van der Waals surface area (Å²) in [6, 6.07) is -0.0896. The second kappa shape index (κ2) is 5.56. The van der Waals surface area contributed by atoms with Crippen LogP contribution in [0.1, 0.15) is 18.9 Å². The van der Waals surface area contributed by atoms with Gasteiger partial charge in [-0.1, -0.05) is 6.92 Å². The lowest BCUT2D eigenvalue weighted by molar-refractivity contribution is -0.137. The number of ether oxygens (including phenoxy) is 1. The van der Waals surface area contributed by atoms with Crippen LogP contribution in [0.3, 0.4) is 0 Å². The summed E-state index contributed by atoms with van der Waals surface area (Å²) in [7, 11) is 1.37. The van der Waals surface area contributed by atoms with E-state index in [2.05, 4.69) is 10.3 Å². The smallest absolute Gasteiger partial charge is 0.382 e. The lowest BCUT2D eigenvalue weighted by Crippen LogP contribution is -2.50. The number of imide groups is 1. The quantitative estimate of drug-likeness (QED) is 0.862. The lowest BCUT2D eigenvalue weighted by atomic mass is 9.97. The Bertz CT molecular complexity index is 606. The number of amides is 3. The minimum atomic E-state index is -4.61. The molecule has 0 spiro atoms. The predicted molar refractivity (Wildman–Crippen MR) is 70.2 cm³/mol. The molecule has 1 fully saturated rings. The maximum atomic E-state index is 12.7. The number of rotatable bonds is 4. The molecule has 0 radical (unpaired) electrons. The molecule has 1 unspecified atom stereocenters. The molecule has 1 aromatic heterocycles. The van der Waals surface area contributed by atoms with Crippen LogP contribution in [0, 0.1) is 0 Å². The largest absolute Gasteiger partial charge is 0.417 e. The van der Waals surface area contributed by atoms with Crippen LogP contribution in [0.15, 0.2) is 18.5 Å². The van der Waals surface area contributed by atoms with Gasteiger partial charge in [0, 0.05) is 13.3 Å². The first-order valence-corrected chi connectivity index (χ1v) is 6.43. The number of nitrogens with one attached hydrogen (secondary N) is 1. The standard InChI is InChI=1S/C13H14F3N3O3/c1-3-12(7-22-2)10(20)19(11(21)18-12)9-4-8(5-17-6-9)13(14,15)16/h4-6H,3,7H2,1-2H3,(H,18,21). The van der Waals surface area contributed by atoms with E-state index in [1.807, 2.05) is 0 Å². The fourth-order valence-electron chi connectivity index (χ4n) is 2.25. The number of hydrogen-bond acceptors (Lipinski definition) is 4. The zero-order chi connectivity index (χ0) is 16.5. The molecule has 6 nitrogen and oxygen atoms in total. The van der Waals surface area contributed by atoms with Crippen LogP contribution < -0.4 is 10.2 Å². The molecule has 22 heavy (non-hydrogen) atoms. The van der Waals surface area contributed by atoms with Crippen molar-refractivity contribution in [1.29, 1.82) is 0 Å². The Morgan fingerprint density at radius 2 is 2.05 bits per heavy atom. The van der Waals surface area contributed by atoms with Crippen molar-refractivity contribution in [2.45, 2.75) is 25.1 Å². The predicted octanol–water partition coefficient (Wildman–Crippen LogP) is 1.95. The fourth-order valence-corrected chi connectivity index (χ4v) is 2.25. The second-order valence-electron chi connectivity index (χ2n) is 4.87. The molecule has 2 rings (SSSR count). The highest BCUT2D eigenvalue weighted by Gasteiger charge is 2.51. The highest BCUT2D eigenvalue weighted by atomic mass is 19.4. The number of aromatic nitrogens is 1. The molecule has 0 saturated carbocycles. The summed E-state index contributed by atoms with van der Waals surface area (Å²) in [6.45, 7) is 1.60. The van der Waals surface area contributed by atoms with Gasteiger partial charge in [-0.25, -0.2) is 9.69 Å². The molecule has 120 valence electrons. The molecule has 9 heteroatoms. The lowest BCUT2D eigenvalue weighted by Gasteiger charge is -2.24. The van der Waals surface area contributed by atoms with Gasteiger partial charge in [0.15, 0.2) is 0 Å². The van der Waals surface area contributed by atoms with E-state index in [1.54, 1.807) is 6.92 Å². The van der Waals surface area contributed by atoms with E-state index in [9.17, 15) is 22.8 Å². The van der Waals surface area contributed by atoms with Gasteiger partial charge in [0.05, 0.1) is 24.1 Å². The Kier molecular flexibility index (Phi) is 4.10. The minimum Gasteiger partial charge on any atom is -0.382 e. The number of hydrogen-bond donors (Lipinski definition) is 1. The number of methoxy groups -OCH3 is 1. The van der Waals surface area contributed by atoms with E-state index >= 15 is 0 Å². The van der Waals surface area contributed by atoms with Crippen molar-refractivity contribution in [1.82, 2.24) is 10.3 Å². The van der Waals surface area contributed by atoms with Crippen LogP contribution >= 0.6 is 0 Å². The van der Waals surface area contributed by atoms with E-state index in [0.717, 1.165) is 6.20 Å². The van der Waals surface area contributed by atoms with Crippen LogP contribution in [-0.4, -0.2) is 36.2 Å². The van der Waals surface area contributed by atoms with Gasteiger partial charge in [0.2, 0.25) is 0 Å². The summed E-state index contributed by atoms with van der Waals surface area (Å²) in [5, 5.41) is 2.48. The molecular weight excluding hydrogens is 303 g/mol. The van der Waals surface area contributed by atoms with Crippen molar-refractivity contribution in [3.63, 3.8) is 0 Å². The second-order valence-corrected chi connectivity index (χ2v) is 4.87. The van der Waals surface area contributed by atoms with Crippen LogP contribution in [0.4, 0.5) is 23.7 Å². The summed E-state index contributed by atoms with van der Waals surface area (Å²) in [5.41, 5.74) is -2.55. The minimum absolute atomic E-state index is 0.0725. The first-order chi connectivity index (χ1) is 10.2. The number of nitrogens with zero attached hydrogens (tertiary/aromatic N) is 2. The van der Waals surface area contributed by atoms with Gasteiger partial charge in [-0.2, -0.15) is 13.2 Å². The third-order valence-electron chi connectivity index (χ3n) is 3.47. The Hall–Kier alpha value is -2.16. The number of anilines is 1. The summed E-state index contributed by atoms with van der Waals surface area (Å²) in [6.07, 6.45) is -2.71. The number of carbonyl (C=O) groups is 2. The van der Waals surface area contributed by atoms with Crippen molar-refractivity contribution in [2.75, 3.05) is 18.6 Å². The van der Waals surface area contributed by atoms with E-state index in [1.165, 1.54) is 7.11 Å². The monoisotopic (exact) mass is 317 g/mol. The number of halogens is 3. The van der Waals surface area contributed by atoms with E-state index in [4.69, 9.17) is 4.74 Å². The van der Waals surface area contributed by atoms with Crippen molar-refractivity contribution in [2.24, 2.45) is 0 Å². The zero-order valence-corrected chi connectivity index (χ0v) is 11.9. The molecule has 0 aliphatic carbocycles. The van der Waals surface area contributed by atoms with Crippen LogP contribution in [0.2, 0.25) is 0 Å². The molecule has 3 amide bonds. The first kappa shape index (κ1) is 16.2. The molecular formula is C13H14F3N3O3. The highest BCUT2D eigenvalue weighted by Crippen LogP contribution is 2.33. The molecule has 1 aliphatic rings. The maximum absolute atomic E-state index is 12.7. The average molecular weight is 317 g/mol. The molecule has 0 bridgehead atoms. The summed E-state index contributed by atoms with van der Waals surface area (Å²) >= 11 is 0. The van der Waals surface area contributed by atoms with E-state index in [0.29, 0.717) is 17.2 Å². The van der Waals surface area contributed by atoms with Crippen molar-refractivity contribution in [3.8, 4) is 0 Å². The summed E-state index contributed by atoms with van der Waals surface area (Å²) in [4.78, 5) is 28.6. The number of alkyl halides is 3. The molecule has 1 saturated heterocycles. The Morgan fingerprint density at radius 3 is 2.59 bits per heavy atom. The van der Waals surface area contributed by atoms with Crippen molar-refractivity contribution in [3.05, 3.63) is 24.0 Å². The average Bonchev–Trinajstić information content (AvgIpc) is 2.70. The molecule has 2 heterocycles. The van der Waals surface area contributed by atoms with Crippen LogP contribution in [-0.2, 0) is 15.7 Å².